The van der Waals surface area contributed by atoms with E-state index in [0.717, 1.165) is 0 Å². The third-order valence-electron chi connectivity index (χ3n) is 2.54. The van der Waals surface area contributed by atoms with Crippen molar-refractivity contribution in [3.05, 3.63) is 17.8 Å². The molecule has 2 rings (SSSR count). The van der Waals surface area contributed by atoms with Gasteiger partial charge in [-0.2, -0.15) is 0 Å². The van der Waals surface area contributed by atoms with Gasteiger partial charge in [-0.05, 0) is 25.7 Å². The first-order valence-electron chi connectivity index (χ1n) is 5.01. The predicted molar refractivity (Wildman–Crippen MR) is 55.9 cm³/mol. The fraction of sp³-hybridized carbons (Fsp3) is 0.600. The lowest BCUT2D eigenvalue weighted by atomic mass is 10.2. The molecule has 0 bridgehead atoms. The Labute approximate surface area is 93.0 Å². The standard InChI is InChI=1S/C10H13ClN2O2/c1-6-9(15-5-13-6)10(14)12-4-8(11)7-2-3-7/h5,7-8H,2-4H2,1H3,(H,12,14). The number of oxazole rings is 1. The number of aryl methyl sites for hydroxylation is 1. The highest BCUT2D eigenvalue weighted by Gasteiger charge is 2.30. The van der Waals surface area contributed by atoms with Gasteiger partial charge in [0.05, 0.1) is 11.1 Å². The van der Waals surface area contributed by atoms with E-state index in [9.17, 15) is 4.79 Å². The van der Waals surface area contributed by atoms with E-state index in [0.29, 0.717) is 18.2 Å². The SMILES string of the molecule is Cc1ncoc1C(=O)NCC(Cl)C1CC1. The molecule has 1 heterocycles. The first-order chi connectivity index (χ1) is 7.18. The van der Waals surface area contributed by atoms with Crippen LogP contribution in [0.3, 0.4) is 0 Å². The highest BCUT2D eigenvalue weighted by molar-refractivity contribution is 6.21. The van der Waals surface area contributed by atoms with Crippen LogP contribution in [0.25, 0.3) is 0 Å². The monoisotopic (exact) mass is 228 g/mol. The largest absolute Gasteiger partial charge is 0.438 e. The number of hydrogen-bond donors (Lipinski definition) is 1. The van der Waals surface area contributed by atoms with Crippen LogP contribution in [0.1, 0.15) is 29.1 Å². The van der Waals surface area contributed by atoms with Gasteiger partial charge in [-0.1, -0.05) is 0 Å². The van der Waals surface area contributed by atoms with E-state index in [1.54, 1.807) is 6.92 Å². The van der Waals surface area contributed by atoms with Gasteiger partial charge in [0.2, 0.25) is 5.76 Å². The van der Waals surface area contributed by atoms with Gasteiger partial charge in [0.15, 0.2) is 6.39 Å². The van der Waals surface area contributed by atoms with Crippen LogP contribution in [-0.4, -0.2) is 22.8 Å². The molecular formula is C10H13ClN2O2. The fourth-order valence-corrected chi connectivity index (χ4v) is 1.74. The second kappa shape index (κ2) is 4.23. The van der Waals surface area contributed by atoms with Crippen LogP contribution in [0.4, 0.5) is 0 Å². The number of nitrogens with zero attached hydrogens (tertiary/aromatic N) is 1. The van der Waals surface area contributed by atoms with E-state index in [1.807, 2.05) is 0 Å². The molecule has 1 atom stereocenters. The maximum atomic E-state index is 11.6. The number of halogens is 1. The Bertz CT molecular complexity index is 360. The maximum absolute atomic E-state index is 11.6. The lowest BCUT2D eigenvalue weighted by molar-refractivity contribution is 0.0924. The molecule has 1 fully saturated rings. The van der Waals surface area contributed by atoms with Gasteiger partial charge < -0.3 is 9.73 Å². The van der Waals surface area contributed by atoms with Crippen molar-refractivity contribution < 1.29 is 9.21 Å². The van der Waals surface area contributed by atoms with Gasteiger partial charge in [-0.15, -0.1) is 11.6 Å². The quantitative estimate of drug-likeness (QED) is 0.799. The van der Waals surface area contributed by atoms with Crippen LogP contribution in [0, 0.1) is 12.8 Å². The van der Waals surface area contributed by atoms with Crippen molar-refractivity contribution >= 4 is 17.5 Å². The van der Waals surface area contributed by atoms with Crippen LogP contribution in [0.2, 0.25) is 0 Å². The van der Waals surface area contributed by atoms with E-state index < -0.39 is 0 Å². The molecule has 1 aromatic heterocycles. The Morgan fingerprint density at radius 3 is 3.07 bits per heavy atom. The van der Waals surface area contributed by atoms with Crippen molar-refractivity contribution in [1.29, 1.82) is 0 Å². The highest BCUT2D eigenvalue weighted by atomic mass is 35.5. The molecule has 0 radical (unpaired) electrons. The Morgan fingerprint density at radius 2 is 2.53 bits per heavy atom. The average molecular weight is 229 g/mol. The zero-order valence-electron chi connectivity index (χ0n) is 8.50. The van der Waals surface area contributed by atoms with Gasteiger partial charge in [0.25, 0.3) is 5.91 Å². The molecule has 0 saturated heterocycles. The summed E-state index contributed by atoms with van der Waals surface area (Å²) in [7, 11) is 0. The summed E-state index contributed by atoms with van der Waals surface area (Å²) in [6.07, 6.45) is 3.61. The Morgan fingerprint density at radius 1 is 1.80 bits per heavy atom. The summed E-state index contributed by atoms with van der Waals surface area (Å²) in [5, 5.41) is 2.78. The second-order valence-corrected chi connectivity index (χ2v) is 4.39. The Balaban J connectivity index is 1.84. The highest BCUT2D eigenvalue weighted by Crippen LogP contribution is 2.35. The first-order valence-corrected chi connectivity index (χ1v) is 5.44. The molecule has 1 aromatic rings. The zero-order chi connectivity index (χ0) is 10.8. The summed E-state index contributed by atoms with van der Waals surface area (Å²) in [6, 6.07) is 0. The number of alkyl halides is 1. The molecule has 0 spiro atoms. The van der Waals surface area contributed by atoms with Crippen molar-refractivity contribution in [3.63, 3.8) is 0 Å². The van der Waals surface area contributed by atoms with Crippen LogP contribution in [-0.2, 0) is 0 Å². The predicted octanol–water partition coefficient (Wildman–Crippen LogP) is 1.73. The normalized spacial score (nSPS) is 17.5. The molecule has 82 valence electrons. The van der Waals surface area contributed by atoms with Gasteiger partial charge >= 0.3 is 0 Å². The smallest absolute Gasteiger partial charge is 0.289 e. The molecule has 5 heteroatoms. The lowest BCUT2D eigenvalue weighted by Crippen LogP contribution is -2.30. The van der Waals surface area contributed by atoms with Gasteiger partial charge in [0, 0.05) is 6.54 Å². The summed E-state index contributed by atoms with van der Waals surface area (Å²) in [4.78, 5) is 15.4. The van der Waals surface area contributed by atoms with Crippen molar-refractivity contribution in [2.75, 3.05) is 6.54 Å². The number of carbonyl (C=O) groups excluding carboxylic acids is 1. The minimum atomic E-state index is -0.240. The van der Waals surface area contributed by atoms with Crippen LogP contribution < -0.4 is 5.32 Å². The summed E-state index contributed by atoms with van der Waals surface area (Å²) >= 11 is 6.06. The molecule has 15 heavy (non-hydrogen) atoms. The number of nitrogens with one attached hydrogen (secondary N) is 1. The van der Waals surface area contributed by atoms with Crippen molar-refractivity contribution in [2.24, 2.45) is 5.92 Å². The number of aromatic nitrogens is 1. The first kappa shape index (κ1) is 10.5. The topological polar surface area (TPSA) is 55.1 Å². The Hall–Kier alpha value is -1.03. The van der Waals surface area contributed by atoms with Crippen LogP contribution in [0.5, 0.6) is 0 Å². The average Bonchev–Trinajstić information content (AvgIpc) is 2.98. The zero-order valence-corrected chi connectivity index (χ0v) is 9.25. The van der Waals surface area contributed by atoms with Crippen molar-refractivity contribution in [1.82, 2.24) is 10.3 Å². The molecule has 0 aromatic carbocycles. The molecule has 1 aliphatic carbocycles. The second-order valence-electron chi connectivity index (χ2n) is 3.83. The summed E-state index contributed by atoms with van der Waals surface area (Å²) in [6.45, 7) is 2.22. The van der Waals surface area contributed by atoms with Crippen LogP contribution in [0.15, 0.2) is 10.8 Å². The number of hydrogen-bond acceptors (Lipinski definition) is 3. The molecule has 1 saturated carbocycles. The molecule has 4 nitrogen and oxygen atoms in total. The summed E-state index contributed by atoms with van der Waals surface area (Å²) < 4.78 is 4.97. The van der Waals surface area contributed by atoms with Crippen molar-refractivity contribution in [3.8, 4) is 0 Å². The van der Waals surface area contributed by atoms with Crippen molar-refractivity contribution in [2.45, 2.75) is 25.1 Å². The van der Waals surface area contributed by atoms with Gasteiger partial charge in [0.1, 0.15) is 0 Å². The molecular weight excluding hydrogens is 216 g/mol. The molecule has 1 aliphatic rings. The van der Waals surface area contributed by atoms with Gasteiger partial charge in [-0.3, -0.25) is 4.79 Å². The van der Waals surface area contributed by atoms with E-state index in [4.69, 9.17) is 16.0 Å². The number of amides is 1. The number of carbonyl (C=O) groups is 1. The number of rotatable bonds is 4. The lowest BCUT2D eigenvalue weighted by Gasteiger charge is -2.08. The van der Waals surface area contributed by atoms with E-state index in [1.165, 1.54) is 19.2 Å². The van der Waals surface area contributed by atoms with Crippen LogP contribution >= 0.6 is 11.6 Å². The van der Waals surface area contributed by atoms with E-state index >= 15 is 0 Å². The third-order valence-corrected chi connectivity index (χ3v) is 3.05. The third kappa shape index (κ3) is 2.50. The molecule has 1 N–H and O–H groups in total. The molecule has 0 aliphatic heterocycles. The minimum Gasteiger partial charge on any atom is -0.438 e. The summed E-state index contributed by atoms with van der Waals surface area (Å²) in [5.41, 5.74) is 0.602. The Kier molecular flexibility index (Phi) is 2.95. The van der Waals surface area contributed by atoms with Gasteiger partial charge in [-0.25, -0.2) is 4.98 Å². The van der Waals surface area contributed by atoms with E-state index in [2.05, 4.69) is 10.3 Å². The fourth-order valence-electron chi connectivity index (χ4n) is 1.41. The molecule has 1 unspecified atom stereocenters. The van der Waals surface area contributed by atoms with E-state index in [-0.39, 0.29) is 17.0 Å². The molecule has 1 amide bonds. The maximum Gasteiger partial charge on any atom is 0.289 e. The summed E-state index contributed by atoms with van der Waals surface area (Å²) in [5.74, 6) is 0.605. The minimum absolute atomic E-state index is 0.0391.